The highest BCUT2D eigenvalue weighted by atomic mass is 32.3. The number of hydrogen-bond acceptors (Lipinski definition) is 18. The number of unbranched alkanes of at least 4 members (excludes halogenated alkanes) is 24. The quantitative estimate of drug-likeness (QED) is 0.0236. The van der Waals surface area contributed by atoms with Crippen LogP contribution in [0.4, 0.5) is 23.3 Å². The summed E-state index contributed by atoms with van der Waals surface area (Å²) in [6.45, 7) is 90.1. The molecule has 0 saturated carbocycles. The fourth-order valence-corrected chi connectivity index (χ4v) is 15.9. The SMILES string of the molecule is CCCC[N+](CCCC)(CCCC)CCCC.CCCC[N+](CCCC)(CCCC)CCCC.CCCC[N+](CCCC)(CCCC)CCCC.CCCC[N+](CCCC)(CCCC)CCCC.CCCC[N+](CCCC)(CCCC)CCCC.CCCC[N+](CCCC)(CCCC)CCCC.O=S(=O)([O-])F.O=S(=O)([O-])F.O=S(=O)([O-])F.O=S(=O)([O-])F.O=S(=O)([O-])F.O=S(=O)([O-])F. The van der Waals surface area contributed by atoms with E-state index >= 15 is 0 Å². The highest BCUT2D eigenvalue weighted by Crippen LogP contribution is 2.23. The molecule has 0 spiro atoms. The van der Waals surface area contributed by atoms with E-state index in [4.69, 9.17) is 77.8 Å². The third kappa shape index (κ3) is 149. The first-order chi connectivity index (χ1) is 61.5. The number of rotatable bonds is 72. The summed E-state index contributed by atoms with van der Waals surface area (Å²) in [5.74, 6) is 0. The zero-order valence-corrected chi connectivity index (χ0v) is 94.6. The molecule has 0 heterocycles. The first-order valence-corrected chi connectivity index (χ1v) is 60.3. The average molecular weight is 2050 g/mol. The summed E-state index contributed by atoms with van der Waals surface area (Å²) < 4.78 is 221. The van der Waals surface area contributed by atoms with Crippen LogP contribution in [-0.2, 0) is 63.0 Å². The van der Waals surface area contributed by atoms with Crippen molar-refractivity contribution in [3.8, 4) is 0 Å². The van der Waals surface area contributed by atoms with Crippen molar-refractivity contribution in [1.82, 2.24) is 0 Å². The molecule has 0 fully saturated rings. The first kappa shape index (κ1) is 156. The van der Waals surface area contributed by atoms with Crippen LogP contribution in [-0.4, -0.2) is 262 Å². The maximum absolute atomic E-state index is 10.1. The van der Waals surface area contributed by atoms with Gasteiger partial charge in [0.25, 0.3) is 63.0 Å². The van der Waals surface area contributed by atoms with Crippen LogP contribution in [0, 0.1) is 0 Å². The number of quaternary nitrogens is 6. The largest absolute Gasteiger partial charge is 0.722 e. The van der Waals surface area contributed by atoms with Crippen LogP contribution >= 0.6 is 0 Å². The average Bonchev–Trinajstić information content (AvgIpc) is 0.905. The Labute approximate surface area is 817 Å². The molecule has 816 valence electrons. The van der Waals surface area contributed by atoms with E-state index in [1.807, 2.05) is 0 Å². The van der Waals surface area contributed by atoms with Crippen molar-refractivity contribution in [2.45, 2.75) is 474 Å². The zero-order chi connectivity index (χ0) is 105. The van der Waals surface area contributed by atoms with E-state index in [0.29, 0.717) is 0 Å². The highest BCUT2D eigenvalue weighted by Gasteiger charge is 2.30. The summed E-state index contributed by atoms with van der Waals surface area (Å²) in [6, 6.07) is 0. The van der Waals surface area contributed by atoms with Crippen molar-refractivity contribution in [3.63, 3.8) is 0 Å². The molecule has 0 aliphatic heterocycles. The summed E-state index contributed by atoms with van der Waals surface area (Å²) in [6.07, 6.45) is 66.4. The van der Waals surface area contributed by atoms with Crippen molar-refractivity contribution < 1.29 is 128 Å². The van der Waals surface area contributed by atoms with Crippen molar-refractivity contribution in [3.05, 3.63) is 0 Å². The van der Waals surface area contributed by atoms with Gasteiger partial charge in [-0.25, -0.2) is 50.5 Å². The molecular formula is C96H216F6N6O18S6. The third-order valence-electron chi connectivity index (χ3n) is 23.7. The predicted octanol–water partition coefficient (Wildman–Crippen LogP) is 26.5. The predicted molar refractivity (Wildman–Crippen MR) is 541 cm³/mol. The van der Waals surface area contributed by atoms with Gasteiger partial charge < -0.3 is 54.2 Å². The van der Waals surface area contributed by atoms with Gasteiger partial charge in [0.1, 0.15) is 0 Å². The van der Waals surface area contributed by atoms with Gasteiger partial charge in [-0.3, -0.25) is 0 Å². The molecule has 36 heteroatoms. The smallest absolute Gasteiger partial charge is 0.255 e. The Morgan fingerprint density at radius 2 is 0.152 bits per heavy atom. The van der Waals surface area contributed by atoms with Crippen LogP contribution in [0.25, 0.3) is 0 Å². The summed E-state index contributed by atoms with van der Waals surface area (Å²) >= 11 is 0. The van der Waals surface area contributed by atoms with Crippen LogP contribution in [0.2, 0.25) is 0 Å². The Bertz CT molecular complexity index is 2240. The minimum absolute atomic E-state index is 1.35. The lowest BCUT2D eigenvalue weighted by Crippen LogP contribution is -2.50. The molecule has 24 nitrogen and oxygen atoms in total. The van der Waals surface area contributed by atoms with E-state index in [1.54, 1.807) is 0 Å². The molecule has 0 amide bonds. The van der Waals surface area contributed by atoms with Crippen LogP contribution < -0.4 is 0 Å². The molecule has 0 N–H and O–H groups in total. The van der Waals surface area contributed by atoms with Gasteiger partial charge in [0, 0.05) is 0 Å². The Morgan fingerprint density at radius 3 is 0.174 bits per heavy atom. The van der Waals surface area contributed by atoms with Crippen LogP contribution in [0.15, 0.2) is 0 Å². The van der Waals surface area contributed by atoms with Crippen LogP contribution in [0.1, 0.15) is 474 Å². The van der Waals surface area contributed by atoms with Gasteiger partial charge in [-0.2, -0.15) is 0 Å². The van der Waals surface area contributed by atoms with Crippen LogP contribution in [0.5, 0.6) is 0 Å². The van der Waals surface area contributed by atoms with E-state index < -0.39 is 63.0 Å². The standard InChI is InChI=1S/6C16H36N.6FHO3S/c6*1-5-9-13-17(14-10-6-2,15-11-7-3)16-12-8-4;6*1-5(2,3)4/h6*5-16H2,1-4H3;6*(H,2,3,4)/q6*+1;;;;;;/p-6. The molecule has 0 rings (SSSR count). The molecular weight excluding hydrogens is 1830 g/mol. The minimum Gasteiger partial charge on any atom is -0.722 e. The summed E-state index contributed by atoms with van der Waals surface area (Å²) in [5, 5.41) is 0. The van der Waals surface area contributed by atoms with E-state index in [0.717, 1.165) is 0 Å². The van der Waals surface area contributed by atoms with Crippen molar-refractivity contribution in [1.29, 1.82) is 0 Å². The van der Waals surface area contributed by atoms with Gasteiger partial charge in [-0.15, -0.1) is 23.3 Å². The molecule has 0 unspecified atom stereocenters. The van der Waals surface area contributed by atoms with E-state index in [9.17, 15) is 23.3 Å². The minimum atomic E-state index is -5.42. The zero-order valence-electron chi connectivity index (χ0n) is 89.7. The molecule has 0 bridgehead atoms. The Hall–Kier alpha value is -1.20. The Morgan fingerprint density at radius 1 is 0.121 bits per heavy atom. The lowest BCUT2D eigenvalue weighted by atomic mass is 10.1. The summed E-state index contributed by atoms with van der Waals surface area (Å²) in [4.78, 5) is 0. The lowest BCUT2D eigenvalue weighted by molar-refractivity contribution is -0.929. The molecule has 0 aliphatic rings. The molecule has 0 atom stereocenters. The molecule has 132 heavy (non-hydrogen) atoms. The Kier molecular flexibility index (Phi) is 125. The summed E-state index contributed by atoms with van der Waals surface area (Å²) in [5.41, 5.74) is 0. The second kappa shape index (κ2) is 106. The maximum Gasteiger partial charge on any atom is 0.255 e. The fourth-order valence-electron chi connectivity index (χ4n) is 15.9. The van der Waals surface area contributed by atoms with E-state index in [1.165, 1.54) is 492 Å². The van der Waals surface area contributed by atoms with Gasteiger partial charge in [-0.05, 0) is 154 Å². The second-order valence-corrected chi connectivity index (χ2v) is 41.0. The number of hydrogen-bond donors (Lipinski definition) is 0. The molecule has 0 radical (unpaired) electrons. The lowest BCUT2D eigenvalue weighted by Gasteiger charge is -2.39. The molecule has 0 aromatic carbocycles. The molecule has 0 saturated heterocycles. The molecule has 0 aromatic heterocycles. The Balaban J connectivity index is -0.000000123. The topological polar surface area (TPSA) is 343 Å². The molecule has 0 aliphatic carbocycles. The number of halogens is 6. The normalized spacial score (nSPS) is 11.9. The second-order valence-electron chi connectivity index (χ2n) is 36.3. The maximum atomic E-state index is 10.1. The van der Waals surface area contributed by atoms with Crippen molar-refractivity contribution in [2.24, 2.45) is 0 Å². The van der Waals surface area contributed by atoms with Crippen LogP contribution in [0.3, 0.4) is 0 Å². The highest BCUT2D eigenvalue weighted by molar-refractivity contribution is 7.81. The third-order valence-corrected chi connectivity index (χ3v) is 23.7. The monoisotopic (exact) mass is 2050 g/mol. The number of nitrogens with zero attached hydrogens (tertiary/aromatic N) is 6. The first-order valence-electron chi connectivity index (χ1n) is 52.5. The van der Waals surface area contributed by atoms with Gasteiger partial charge in [0.05, 0.1) is 157 Å². The van der Waals surface area contributed by atoms with Gasteiger partial charge in [0.15, 0.2) is 0 Å². The van der Waals surface area contributed by atoms with Crippen molar-refractivity contribution >= 4 is 63.0 Å². The van der Waals surface area contributed by atoms with E-state index in [2.05, 4.69) is 166 Å². The van der Waals surface area contributed by atoms with Gasteiger partial charge in [-0.1, -0.05) is 320 Å². The fraction of sp³-hybridized carbons (Fsp3) is 1.00. The summed E-state index contributed by atoms with van der Waals surface area (Å²) in [7, 11) is -32.5. The van der Waals surface area contributed by atoms with Gasteiger partial charge >= 0.3 is 0 Å². The molecule has 0 aromatic rings. The van der Waals surface area contributed by atoms with Gasteiger partial charge in [0.2, 0.25) is 0 Å². The van der Waals surface area contributed by atoms with E-state index in [-0.39, 0.29) is 0 Å². The van der Waals surface area contributed by atoms with Crippen molar-refractivity contribution in [2.75, 3.05) is 157 Å².